The summed E-state index contributed by atoms with van der Waals surface area (Å²) in [5.74, 6) is -0.666. The number of anilines is 2. The van der Waals surface area contributed by atoms with E-state index in [9.17, 15) is 13.6 Å². The molecule has 2 heterocycles. The molecule has 39 heavy (non-hydrogen) atoms. The molecule has 0 radical (unpaired) electrons. The van der Waals surface area contributed by atoms with Crippen molar-refractivity contribution in [1.82, 2.24) is 9.88 Å². The summed E-state index contributed by atoms with van der Waals surface area (Å²) < 4.78 is 34.1. The number of hydrogen-bond acceptors (Lipinski definition) is 5. The lowest BCUT2D eigenvalue weighted by molar-refractivity contribution is 0.122. The molecule has 1 fully saturated rings. The van der Waals surface area contributed by atoms with E-state index in [1.54, 1.807) is 12.1 Å². The highest BCUT2D eigenvalue weighted by Crippen LogP contribution is 2.25. The Labute approximate surface area is 229 Å². The van der Waals surface area contributed by atoms with Crippen LogP contribution >= 0.6 is 11.3 Å². The minimum Gasteiger partial charge on any atom is -0.378 e. The van der Waals surface area contributed by atoms with E-state index in [4.69, 9.17) is 9.73 Å². The summed E-state index contributed by atoms with van der Waals surface area (Å²) in [6.45, 7) is 4.26. The lowest BCUT2D eigenvalue weighted by Gasteiger charge is -2.28. The Morgan fingerprint density at radius 2 is 1.59 bits per heavy atom. The van der Waals surface area contributed by atoms with Gasteiger partial charge in [-0.25, -0.2) is 18.6 Å². The molecule has 10 heteroatoms. The van der Waals surface area contributed by atoms with E-state index < -0.39 is 0 Å². The number of urea groups is 1. The smallest absolute Gasteiger partial charge is 0.319 e. The minimum absolute atomic E-state index is 0.306. The first-order valence-electron chi connectivity index (χ1n) is 12.8. The number of carbonyl (C=O) groups excluding carboxylic acids is 1. The number of carbonyl (C=O) groups is 1. The highest BCUT2D eigenvalue weighted by atomic mass is 32.1. The second kappa shape index (κ2) is 12.7. The third-order valence-electron chi connectivity index (χ3n) is 6.33. The first kappa shape index (κ1) is 26.6. The lowest BCUT2D eigenvalue weighted by atomic mass is 10.1. The number of nitrogens with zero attached hydrogens (tertiary/aromatic N) is 3. The molecule has 7 nitrogen and oxygen atoms in total. The van der Waals surface area contributed by atoms with Crippen LogP contribution in [0.5, 0.6) is 0 Å². The second-order valence-electron chi connectivity index (χ2n) is 9.03. The molecule has 0 unspecified atom stereocenters. The molecule has 0 spiro atoms. The number of amides is 2. The van der Waals surface area contributed by atoms with Crippen molar-refractivity contribution >= 4 is 34.4 Å². The van der Waals surface area contributed by atoms with Gasteiger partial charge in [-0.05, 0) is 72.6 Å². The van der Waals surface area contributed by atoms with E-state index >= 15 is 0 Å². The molecule has 0 atom stereocenters. The normalized spacial score (nSPS) is 13.9. The van der Waals surface area contributed by atoms with E-state index in [-0.39, 0.29) is 17.7 Å². The molecule has 1 aliphatic rings. The number of halogens is 2. The van der Waals surface area contributed by atoms with Crippen molar-refractivity contribution in [2.45, 2.75) is 13.0 Å². The molecule has 0 aliphatic carbocycles. The SMILES string of the molecule is O=C(NCCCn1c(-c2ccc(N3CCOCC3)cc2)cs/c1=N\c1ccc(F)cc1)Nc1ccc(F)cc1. The topological polar surface area (TPSA) is 70.9 Å². The van der Waals surface area contributed by atoms with E-state index in [0.29, 0.717) is 30.9 Å². The van der Waals surface area contributed by atoms with Gasteiger partial charge in [0, 0.05) is 42.9 Å². The fourth-order valence-corrected chi connectivity index (χ4v) is 5.26. The molecule has 4 aromatic rings. The van der Waals surface area contributed by atoms with Gasteiger partial charge in [0.1, 0.15) is 11.6 Å². The number of hydrogen-bond donors (Lipinski definition) is 2. The maximum absolute atomic E-state index is 13.4. The zero-order chi connectivity index (χ0) is 27.0. The van der Waals surface area contributed by atoms with Crippen LogP contribution in [0, 0.1) is 11.6 Å². The largest absolute Gasteiger partial charge is 0.378 e. The average molecular weight is 550 g/mol. The number of morpholine rings is 1. The van der Waals surface area contributed by atoms with Gasteiger partial charge in [0.2, 0.25) is 0 Å². The number of aromatic nitrogens is 1. The van der Waals surface area contributed by atoms with Crippen LogP contribution in [0.2, 0.25) is 0 Å². The van der Waals surface area contributed by atoms with Crippen molar-refractivity contribution in [2.75, 3.05) is 43.1 Å². The predicted molar refractivity (Wildman–Crippen MR) is 150 cm³/mol. The van der Waals surface area contributed by atoms with Crippen LogP contribution in [-0.4, -0.2) is 43.4 Å². The van der Waals surface area contributed by atoms with Gasteiger partial charge in [0.15, 0.2) is 4.80 Å². The van der Waals surface area contributed by atoms with Crippen LogP contribution in [0.4, 0.5) is 30.6 Å². The number of benzene rings is 3. The molecule has 1 aliphatic heterocycles. The predicted octanol–water partition coefficient (Wildman–Crippen LogP) is 5.78. The fourth-order valence-electron chi connectivity index (χ4n) is 4.30. The van der Waals surface area contributed by atoms with Gasteiger partial charge in [0.25, 0.3) is 0 Å². The van der Waals surface area contributed by atoms with Crippen molar-refractivity contribution in [2.24, 2.45) is 4.99 Å². The van der Waals surface area contributed by atoms with E-state index in [1.807, 2.05) is 0 Å². The molecule has 0 bridgehead atoms. The lowest BCUT2D eigenvalue weighted by Crippen LogP contribution is -2.36. The summed E-state index contributed by atoms with van der Waals surface area (Å²) in [5.41, 5.74) is 4.43. The van der Waals surface area contributed by atoms with Gasteiger partial charge in [-0.1, -0.05) is 12.1 Å². The molecule has 0 saturated carbocycles. The third kappa shape index (κ3) is 7.10. The quantitative estimate of drug-likeness (QED) is 0.274. The Kier molecular flexibility index (Phi) is 8.65. The standard InChI is InChI=1S/C29H29F2N5O2S/c30-22-4-8-24(9-5-22)33-28(37)32-14-1-15-36-27(20-39-29(36)34-25-10-6-23(31)7-11-25)21-2-12-26(13-3-21)35-16-18-38-19-17-35/h2-13,20H,1,14-19H2,(H2,32,33,37)/b34-29-. The maximum atomic E-state index is 13.4. The zero-order valence-corrected chi connectivity index (χ0v) is 22.1. The van der Waals surface area contributed by atoms with Crippen LogP contribution in [0.3, 0.4) is 0 Å². The van der Waals surface area contributed by atoms with Gasteiger partial charge < -0.3 is 24.8 Å². The summed E-state index contributed by atoms with van der Waals surface area (Å²) >= 11 is 1.51. The van der Waals surface area contributed by atoms with Gasteiger partial charge >= 0.3 is 6.03 Å². The van der Waals surface area contributed by atoms with E-state index in [2.05, 4.69) is 49.7 Å². The second-order valence-corrected chi connectivity index (χ2v) is 9.87. The van der Waals surface area contributed by atoms with Crippen molar-refractivity contribution in [3.8, 4) is 11.3 Å². The van der Waals surface area contributed by atoms with E-state index in [1.165, 1.54) is 47.7 Å². The first-order valence-corrected chi connectivity index (χ1v) is 13.7. The highest BCUT2D eigenvalue weighted by molar-refractivity contribution is 7.07. The summed E-state index contributed by atoms with van der Waals surface area (Å²) in [5, 5.41) is 7.61. The summed E-state index contributed by atoms with van der Waals surface area (Å²) in [6, 6.07) is 19.8. The summed E-state index contributed by atoms with van der Waals surface area (Å²) in [7, 11) is 0. The van der Waals surface area contributed by atoms with Crippen molar-refractivity contribution in [3.05, 3.63) is 94.6 Å². The molecule has 202 valence electrons. The molecular weight excluding hydrogens is 520 g/mol. The van der Waals surface area contributed by atoms with Crippen LogP contribution in [0.25, 0.3) is 11.3 Å². The highest BCUT2D eigenvalue weighted by Gasteiger charge is 2.13. The fraction of sp³-hybridized carbons (Fsp3) is 0.241. The van der Waals surface area contributed by atoms with Gasteiger partial charge in [0.05, 0.1) is 24.6 Å². The van der Waals surface area contributed by atoms with Crippen LogP contribution in [0.15, 0.2) is 83.2 Å². The molecule has 1 saturated heterocycles. The maximum Gasteiger partial charge on any atom is 0.319 e. The zero-order valence-electron chi connectivity index (χ0n) is 21.3. The van der Waals surface area contributed by atoms with Crippen molar-refractivity contribution in [3.63, 3.8) is 0 Å². The Morgan fingerprint density at radius 3 is 2.28 bits per heavy atom. The van der Waals surface area contributed by atoms with Gasteiger partial charge in [-0.3, -0.25) is 0 Å². The van der Waals surface area contributed by atoms with E-state index in [0.717, 1.165) is 48.0 Å². The van der Waals surface area contributed by atoms with Crippen LogP contribution in [-0.2, 0) is 11.3 Å². The average Bonchev–Trinajstić information content (AvgIpc) is 3.36. The van der Waals surface area contributed by atoms with Crippen molar-refractivity contribution in [1.29, 1.82) is 0 Å². The van der Waals surface area contributed by atoms with Gasteiger partial charge in [-0.15, -0.1) is 11.3 Å². The Hall–Kier alpha value is -4.02. The number of rotatable bonds is 8. The Bertz CT molecular complexity index is 1450. The van der Waals surface area contributed by atoms with Crippen LogP contribution < -0.4 is 20.3 Å². The number of nitrogens with one attached hydrogen (secondary N) is 2. The Morgan fingerprint density at radius 1 is 0.923 bits per heavy atom. The third-order valence-corrected chi connectivity index (χ3v) is 7.20. The molecule has 3 aromatic carbocycles. The number of thiazole rings is 1. The Balaban J connectivity index is 1.31. The summed E-state index contributed by atoms with van der Waals surface area (Å²) in [4.78, 5) is 20.1. The molecular formula is C29H29F2N5O2S. The van der Waals surface area contributed by atoms with Crippen LogP contribution in [0.1, 0.15) is 6.42 Å². The monoisotopic (exact) mass is 549 g/mol. The molecule has 2 N–H and O–H groups in total. The van der Waals surface area contributed by atoms with Crippen molar-refractivity contribution < 1.29 is 18.3 Å². The molecule has 2 amide bonds. The summed E-state index contributed by atoms with van der Waals surface area (Å²) in [6.07, 6.45) is 0.656. The molecule has 1 aromatic heterocycles. The number of ether oxygens (including phenoxy) is 1. The van der Waals surface area contributed by atoms with Gasteiger partial charge in [-0.2, -0.15) is 0 Å². The molecule has 5 rings (SSSR count). The minimum atomic E-state index is -0.359. The first-order chi connectivity index (χ1) is 19.0.